The van der Waals surface area contributed by atoms with Gasteiger partial charge in [0, 0.05) is 49.7 Å². The van der Waals surface area contributed by atoms with Crippen molar-refractivity contribution in [3.63, 3.8) is 0 Å². The van der Waals surface area contributed by atoms with Crippen LogP contribution in [0.2, 0.25) is 0 Å². The standard InChI is InChI=1S/C23H27N5O/c1-27-15-11-21-20(17-27)22(26-28(21)16-19-9-13-24-14-10-19)23(29)25-12-5-8-18-6-3-2-4-7-18/h2-4,6-7,9-10,13-14H,5,8,11-12,15-17H2,1H3,(H,25,29). The van der Waals surface area contributed by atoms with Crippen LogP contribution in [-0.4, -0.2) is 45.7 Å². The molecule has 3 heterocycles. The minimum absolute atomic E-state index is 0.0712. The lowest BCUT2D eigenvalue weighted by Crippen LogP contribution is -2.30. The molecule has 2 aromatic heterocycles. The molecule has 150 valence electrons. The number of carbonyl (C=O) groups is 1. The summed E-state index contributed by atoms with van der Waals surface area (Å²) in [6, 6.07) is 14.3. The number of aryl methyl sites for hydroxylation is 1. The summed E-state index contributed by atoms with van der Waals surface area (Å²) >= 11 is 0. The third kappa shape index (κ3) is 4.71. The van der Waals surface area contributed by atoms with E-state index in [9.17, 15) is 4.79 Å². The lowest BCUT2D eigenvalue weighted by molar-refractivity contribution is 0.0945. The van der Waals surface area contributed by atoms with Gasteiger partial charge in [-0.1, -0.05) is 30.3 Å². The number of nitrogens with one attached hydrogen (secondary N) is 1. The van der Waals surface area contributed by atoms with E-state index in [0.717, 1.165) is 43.5 Å². The summed E-state index contributed by atoms with van der Waals surface area (Å²) in [4.78, 5) is 19.2. The average molecular weight is 390 g/mol. The van der Waals surface area contributed by atoms with Gasteiger partial charge >= 0.3 is 0 Å². The van der Waals surface area contributed by atoms with Crippen molar-refractivity contribution in [1.29, 1.82) is 0 Å². The quantitative estimate of drug-likeness (QED) is 0.631. The van der Waals surface area contributed by atoms with Gasteiger partial charge in [0.15, 0.2) is 5.69 Å². The maximum atomic E-state index is 12.9. The smallest absolute Gasteiger partial charge is 0.272 e. The zero-order chi connectivity index (χ0) is 20.1. The number of carbonyl (C=O) groups excluding carboxylic acids is 1. The molecule has 29 heavy (non-hydrogen) atoms. The minimum atomic E-state index is -0.0712. The lowest BCUT2D eigenvalue weighted by Gasteiger charge is -2.23. The van der Waals surface area contributed by atoms with Gasteiger partial charge in [0.05, 0.1) is 6.54 Å². The maximum absolute atomic E-state index is 12.9. The van der Waals surface area contributed by atoms with Crippen LogP contribution < -0.4 is 5.32 Å². The van der Waals surface area contributed by atoms with Crippen LogP contribution in [0.15, 0.2) is 54.9 Å². The molecule has 0 atom stereocenters. The molecule has 1 amide bonds. The Balaban J connectivity index is 1.45. The molecule has 0 aliphatic carbocycles. The van der Waals surface area contributed by atoms with Gasteiger partial charge in [-0.2, -0.15) is 5.10 Å². The molecule has 1 aliphatic rings. The van der Waals surface area contributed by atoms with Crippen LogP contribution in [0.5, 0.6) is 0 Å². The van der Waals surface area contributed by atoms with Gasteiger partial charge in [-0.25, -0.2) is 0 Å². The van der Waals surface area contributed by atoms with E-state index in [-0.39, 0.29) is 5.91 Å². The predicted octanol–water partition coefficient (Wildman–Crippen LogP) is 2.68. The number of fused-ring (bicyclic) bond motifs is 1. The number of amides is 1. The Morgan fingerprint density at radius 3 is 2.69 bits per heavy atom. The molecule has 1 N–H and O–H groups in total. The molecule has 1 aliphatic heterocycles. The Labute approximate surface area is 171 Å². The monoisotopic (exact) mass is 389 g/mol. The second-order valence-corrected chi connectivity index (χ2v) is 7.62. The zero-order valence-electron chi connectivity index (χ0n) is 16.8. The molecule has 0 unspecified atom stereocenters. The number of benzene rings is 1. The van der Waals surface area contributed by atoms with E-state index in [0.29, 0.717) is 18.8 Å². The molecule has 1 aromatic carbocycles. The number of rotatable bonds is 7. The first-order chi connectivity index (χ1) is 14.2. The van der Waals surface area contributed by atoms with E-state index >= 15 is 0 Å². The van der Waals surface area contributed by atoms with Gasteiger partial charge in [0.25, 0.3) is 5.91 Å². The Hall–Kier alpha value is -2.99. The highest BCUT2D eigenvalue weighted by molar-refractivity contribution is 5.94. The van der Waals surface area contributed by atoms with Crippen molar-refractivity contribution in [2.75, 3.05) is 20.1 Å². The molecule has 0 spiro atoms. The number of pyridine rings is 1. The van der Waals surface area contributed by atoms with Gasteiger partial charge in [-0.3, -0.25) is 14.5 Å². The summed E-state index contributed by atoms with van der Waals surface area (Å²) in [5, 5.41) is 7.78. The van der Waals surface area contributed by atoms with Crippen LogP contribution in [0.25, 0.3) is 0 Å². The van der Waals surface area contributed by atoms with Crippen molar-refractivity contribution in [2.24, 2.45) is 0 Å². The molecule has 4 rings (SSSR count). The van der Waals surface area contributed by atoms with Crippen LogP contribution in [0.3, 0.4) is 0 Å². The predicted molar refractivity (Wildman–Crippen MR) is 113 cm³/mol. The Morgan fingerprint density at radius 1 is 1.10 bits per heavy atom. The van der Waals surface area contributed by atoms with E-state index in [1.165, 1.54) is 11.3 Å². The van der Waals surface area contributed by atoms with Crippen molar-refractivity contribution in [2.45, 2.75) is 32.4 Å². The summed E-state index contributed by atoms with van der Waals surface area (Å²) in [7, 11) is 2.09. The van der Waals surface area contributed by atoms with Crippen molar-refractivity contribution < 1.29 is 4.79 Å². The first-order valence-electron chi connectivity index (χ1n) is 10.2. The summed E-state index contributed by atoms with van der Waals surface area (Å²) < 4.78 is 2.00. The number of aromatic nitrogens is 3. The fourth-order valence-corrected chi connectivity index (χ4v) is 3.82. The number of nitrogens with zero attached hydrogens (tertiary/aromatic N) is 4. The van der Waals surface area contributed by atoms with E-state index in [1.807, 2.05) is 35.0 Å². The van der Waals surface area contributed by atoms with Crippen LogP contribution in [-0.2, 0) is 25.9 Å². The van der Waals surface area contributed by atoms with E-state index in [4.69, 9.17) is 5.10 Å². The van der Waals surface area contributed by atoms with Crippen molar-refractivity contribution in [3.05, 3.63) is 82.9 Å². The first-order valence-corrected chi connectivity index (χ1v) is 10.2. The second kappa shape index (κ2) is 9.01. The highest BCUT2D eigenvalue weighted by Gasteiger charge is 2.26. The van der Waals surface area contributed by atoms with Crippen LogP contribution in [0.4, 0.5) is 0 Å². The minimum Gasteiger partial charge on any atom is -0.351 e. The third-order valence-electron chi connectivity index (χ3n) is 5.39. The molecule has 0 radical (unpaired) electrons. The van der Waals surface area contributed by atoms with Gasteiger partial charge in [0.2, 0.25) is 0 Å². The first kappa shape index (κ1) is 19.3. The molecule has 6 nitrogen and oxygen atoms in total. The van der Waals surface area contributed by atoms with Crippen LogP contribution >= 0.6 is 0 Å². The average Bonchev–Trinajstić information content (AvgIpc) is 3.10. The normalized spacial score (nSPS) is 13.8. The van der Waals surface area contributed by atoms with Crippen LogP contribution in [0, 0.1) is 0 Å². The summed E-state index contributed by atoms with van der Waals surface area (Å²) in [5.41, 5.74) is 5.24. The summed E-state index contributed by atoms with van der Waals surface area (Å²) in [5.74, 6) is -0.0712. The van der Waals surface area contributed by atoms with Gasteiger partial charge in [-0.05, 0) is 43.1 Å². The van der Waals surface area contributed by atoms with Crippen LogP contribution in [0.1, 0.15) is 39.3 Å². The van der Waals surface area contributed by atoms with E-state index < -0.39 is 0 Å². The molecular formula is C23H27N5O. The third-order valence-corrected chi connectivity index (χ3v) is 5.39. The second-order valence-electron chi connectivity index (χ2n) is 7.62. The summed E-state index contributed by atoms with van der Waals surface area (Å²) in [6.07, 6.45) is 6.36. The van der Waals surface area contributed by atoms with Crippen molar-refractivity contribution in [1.82, 2.24) is 25.0 Å². The van der Waals surface area contributed by atoms with Gasteiger partial charge in [-0.15, -0.1) is 0 Å². The molecule has 0 fully saturated rings. The highest BCUT2D eigenvalue weighted by Crippen LogP contribution is 2.23. The number of likely N-dealkylation sites (N-methyl/N-ethyl adjacent to an activating group) is 1. The van der Waals surface area contributed by atoms with E-state index in [2.05, 4.69) is 34.4 Å². The molecule has 0 saturated heterocycles. The Bertz CT molecular complexity index is 952. The van der Waals surface area contributed by atoms with Gasteiger partial charge in [0.1, 0.15) is 0 Å². The molecular weight excluding hydrogens is 362 g/mol. The number of hydrogen-bond acceptors (Lipinski definition) is 4. The summed E-state index contributed by atoms with van der Waals surface area (Å²) in [6.45, 7) is 3.05. The molecule has 6 heteroatoms. The Morgan fingerprint density at radius 2 is 1.90 bits per heavy atom. The largest absolute Gasteiger partial charge is 0.351 e. The Kier molecular flexibility index (Phi) is 6.00. The fourth-order valence-electron chi connectivity index (χ4n) is 3.82. The van der Waals surface area contributed by atoms with Crippen molar-refractivity contribution >= 4 is 5.91 Å². The lowest BCUT2D eigenvalue weighted by atomic mass is 10.0. The molecule has 0 saturated carbocycles. The number of hydrogen-bond donors (Lipinski definition) is 1. The molecule has 0 bridgehead atoms. The SMILES string of the molecule is CN1CCc2c(c(C(=O)NCCCc3ccccc3)nn2Cc2ccncc2)C1. The van der Waals surface area contributed by atoms with Gasteiger partial charge < -0.3 is 10.2 Å². The highest BCUT2D eigenvalue weighted by atomic mass is 16.1. The van der Waals surface area contributed by atoms with E-state index in [1.54, 1.807) is 12.4 Å². The topological polar surface area (TPSA) is 63.1 Å². The zero-order valence-corrected chi connectivity index (χ0v) is 16.8. The molecule has 3 aromatic rings. The fraction of sp³-hybridized carbons (Fsp3) is 0.348. The van der Waals surface area contributed by atoms with Crippen molar-refractivity contribution in [3.8, 4) is 0 Å². The maximum Gasteiger partial charge on any atom is 0.272 e.